The topological polar surface area (TPSA) is 15.3 Å². The van der Waals surface area contributed by atoms with Crippen LogP contribution in [0.5, 0.6) is 0 Å². The molecule has 0 saturated carbocycles. The van der Waals surface area contributed by atoms with E-state index in [0.717, 1.165) is 13.1 Å². The van der Waals surface area contributed by atoms with E-state index in [1.165, 1.54) is 6.42 Å². The minimum atomic E-state index is 0.633. The molecule has 0 spiro atoms. The van der Waals surface area contributed by atoms with Gasteiger partial charge in [-0.2, -0.15) is 0 Å². The summed E-state index contributed by atoms with van der Waals surface area (Å²) in [5.41, 5.74) is 0. The Balaban J connectivity index is 3.86. The zero-order valence-corrected chi connectivity index (χ0v) is 10.8. The van der Waals surface area contributed by atoms with E-state index in [0.29, 0.717) is 18.1 Å². The predicted octanol–water partition coefficient (Wildman–Crippen LogP) is 2.49. The number of nitrogens with zero attached hydrogens (tertiary/aromatic N) is 1. The average Bonchev–Trinajstić information content (AvgIpc) is 2.14. The maximum absolute atomic E-state index is 3.56. The Morgan fingerprint density at radius 2 is 1.64 bits per heavy atom. The van der Waals surface area contributed by atoms with E-state index in [9.17, 15) is 0 Å². The van der Waals surface area contributed by atoms with Gasteiger partial charge in [-0.15, -0.1) is 0 Å². The second kappa shape index (κ2) is 7.24. The minimum absolute atomic E-state index is 0.633. The molecule has 0 aliphatic carbocycles. The second-order valence-corrected chi connectivity index (χ2v) is 4.49. The lowest BCUT2D eigenvalue weighted by Crippen LogP contribution is -2.45. The van der Waals surface area contributed by atoms with E-state index >= 15 is 0 Å². The summed E-state index contributed by atoms with van der Waals surface area (Å²) in [6, 6.07) is 1.92. The van der Waals surface area contributed by atoms with Crippen molar-refractivity contribution in [3.05, 3.63) is 0 Å². The van der Waals surface area contributed by atoms with Crippen molar-refractivity contribution < 1.29 is 0 Å². The molecule has 0 aromatic rings. The average molecular weight is 200 g/mol. The van der Waals surface area contributed by atoms with Gasteiger partial charge in [-0.1, -0.05) is 13.8 Å². The van der Waals surface area contributed by atoms with E-state index in [-0.39, 0.29) is 0 Å². The van der Waals surface area contributed by atoms with Gasteiger partial charge in [0.05, 0.1) is 0 Å². The van der Waals surface area contributed by atoms with Gasteiger partial charge in [-0.05, 0) is 40.7 Å². The number of rotatable bonds is 7. The smallest absolute Gasteiger partial charge is 0.0195 e. The quantitative estimate of drug-likeness (QED) is 0.679. The van der Waals surface area contributed by atoms with Crippen LogP contribution in [0.15, 0.2) is 0 Å². The largest absolute Gasteiger partial charge is 0.313 e. The fourth-order valence-corrected chi connectivity index (χ4v) is 1.82. The van der Waals surface area contributed by atoms with Crippen molar-refractivity contribution in [1.82, 2.24) is 10.2 Å². The number of likely N-dealkylation sites (N-methyl/N-ethyl adjacent to an activating group) is 1. The summed E-state index contributed by atoms with van der Waals surface area (Å²) in [6.45, 7) is 15.8. The molecule has 0 aliphatic heterocycles. The molecule has 2 atom stereocenters. The van der Waals surface area contributed by atoms with Gasteiger partial charge in [0, 0.05) is 24.7 Å². The van der Waals surface area contributed by atoms with Gasteiger partial charge >= 0.3 is 0 Å². The van der Waals surface area contributed by atoms with Crippen molar-refractivity contribution >= 4 is 0 Å². The first-order valence-corrected chi connectivity index (χ1v) is 6.01. The molecule has 2 heteroatoms. The Labute approximate surface area is 90.1 Å². The lowest BCUT2D eigenvalue weighted by molar-refractivity contribution is 0.167. The van der Waals surface area contributed by atoms with Crippen LogP contribution >= 0.6 is 0 Å². The van der Waals surface area contributed by atoms with Crippen molar-refractivity contribution in [2.45, 2.75) is 66.1 Å². The van der Waals surface area contributed by atoms with Crippen molar-refractivity contribution in [2.24, 2.45) is 0 Å². The highest BCUT2D eigenvalue weighted by Crippen LogP contribution is 2.04. The fraction of sp³-hybridized carbons (Fsp3) is 1.00. The Kier molecular flexibility index (Phi) is 7.20. The van der Waals surface area contributed by atoms with Gasteiger partial charge in [-0.3, -0.25) is 4.90 Å². The third kappa shape index (κ3) is 4.97. The summed E-state index contributed by atoms with van der Waals surface area (Å²) in [6.07, 6.45) is 1.21. The van der Waals surface area contributed by atoms with Gasteiger partial charge in [0.25, 0.3) is 0 Å². The first-order valence-electron chi connectivity index (χ1n) is 6.01. The van der Waals surface area contributed by atoms with Crippen LogP contribution in [0.2, 0.25) is 0 Å². The molecule has 0 amide bonds. The van der Waals surface area contributed by atoms with Crippen LogP contribution in [0.25, 0.3) is 0 Å². The maximum atomic E-state index is 3.56. The summed E-state index contributed by atoms with van der Waals surface area (Å²) < 4.78 is 0. The third-order valence-electron chi connectivity index (χ3n) is 2.97. The van der Waals surface area contributed by atoms with Gasteiger partial charge in [0.1, 0.15) is 0 Å². The Hall–Kier alpha value is -0.0800. The first-order chi connectivity index (χ1) is 6.52. The van der Waals surface area contributed by atoms with Crippen molar-refractivity contribution in [1.29, 1.82) is 0 Å². The molecule has 0 saturated heterocycles. The molecule has 0 aliphatic rings. The Morgan fingerprint density at radius 1 is 1.07 bits per heavy atom. The predicted molar refractivity (Wildman–Crippen MR) is 64.7 cm³/mol. The molecule has 2 unspecified atom stereocenters. The molecular formula is C12H28N2. The van der Waals surface area contributed by atoms with Crippen LogP contribution in [0.1, 0.15) is 48.0 Å². The maximum Gasteiger partial charge on any atom is 0.0195 e. The van der Waals surface area contributed by atoms with Crippen LogP contribution in [-0.4, -0.2) is 36.1 Å². The van der Waals surface area contributed by atoms with E-state index in [1.54, 1.807) is 0 Å². The van der Waals surface area contributed by atoms with E-state index < -0.39 is 0 Å². The zero-order valence-electron chi connectivity index (χ0n) is 10.8. The van der Waals surface area contributed by atoms with Crippen molar-refractivity contribution in [2.75, 3.05) is 13.1 Å². The fourth-order valence-electron chi connectivity index (χ4n) is 1.82. The summed E-state index contributed by atoms with van der Waals surface area (Å²) in [7, 11) is 0. The highest BCUT2D eigenvalue weighted by atomic mass is 15.2. The van der Waals surface area contributed by atoms with E-state index in [4.69, 9.17) is 0 Å². The van der Waals surface area contributed by atoms with Gasteiger partial charge in [0.2, 0.25) is 0 Å². The number of hydrogen-bond donors (Lipinski definition) is 1. The van der Waals surface area contributed by atoms with Crippen molar-refractivity contribution in [3.63, 3.8) is 0 Å². The molecular weight excluding hydrogens is 172 g/mol. The Bertz CT molecular complexity index is 134. The van der Waals surface area contributed by atoms with Crippen molar-refractivity contribution in [3.8, 4) is 0 Å². The lowest BCUT2D eigenvalue weighted by Gasteiger charge is -2.32. The molecule has 0 aromatic heterocycles. The van der Waals surface area contributed by atoms with Crippen LogP contribution in [0.4, 0.5) is 0 Å². The second-order valence-electron chi connectivity index (χ2n) is 4.49. The van der Waals surface area contributed by atoms with Gasteiger partial charge < -0.3 is 5.32 Å². The minimum Gasteiger partial charge on any atom is -0.313 e. The summed E-state index contributed by atoms with van der Waals surface area (Å²) >= 11 is 0. The highest BCUT2D eigenvalue weighted by Gasteiger charge is 2.14. The molecule has 0 radical (unpaired) electrons. The highest BCUT2D eigenvalue weighted by molar-refractivity contribution is 4.73. The molecule has 0 fully saturated rings. The first kappa shape index (κ1) is 13.9. The van der Waals surface area contributed by atoms with E-state index in [1.807, 2.05) is 0 Å². The molecule has 0 aromatic carbocycles. The summed E-state index contributed by atoms with van der Waals surface area (Å²) in [5, 5.41) is 3.56. The van der Waals surface area contributed by atoms with Crippen LogP contribution in [0.3, 0.4) is 0 Å². The van der Waals surface area contributed by atoms with Gasteiger partial charge in [0.15, 0.2) is 0 Å². The molecule has 0 rings (SSSR count). The SMILES string of the molecule is CCC(C)NCC(C)N(CC)C(C)C. The third-order valence-corrected chi connectivity index (χ3v) is 2.97. The molecule has 0 heterocycles. The van der Waals surface area contributed by atoms with Crippen LogP contribution in [-0.2, 0) is 0 Å². The monoisotopic (exact) mass is 200 g/mol. The van der Waals surface area contributed by atoms with Gasteiger partial charge in [-0.25, -0.2) is 0 Å². The molecule has 14 heavy (non-hydrogen) atoms. The number of nitrogens with one attached hydrogen (secondary N) is 1. The molecule has 0 bridgehead atoms. The Morgan fingerprint density at radius 3 is 2.00 bits per heavy atom. The molecule has 2 nitrogen and oxygen atoms in total. The van der Waals surface area contributed by atoms with E-state index in [2.05, 4.69) is 51.8 Å². The summed E-state index contributed by atoms with van der Waals surface area (Å²) in [5.74, 6) is 0. The zero-order chi connectivity index (χ0) is 11.1. The normalized spacial score (nSPS) is 16.3. The lowest BCUT2D eigenvalue weighted by atomic mass is 10.2. The summed E-state index contributed by atoms with van der Waals surface area (Å²) in [4.78, 5) is 2.52. The van der Waals surface area contributed by atoms with Crippen LogP contribution in [0, 0.1) is 0 Å². The van der Waals surface area contributed by atoms with Crippen LogP contribution < -0.4 is 5.32 Å². The standard InChI is InChI=1S/C12H28N2/c1-7-11(5)13-9-12(6)14(8-2)10(3)4/h10-13H,7-9H2,1-6H3. The molecule has 86 valence electrons. The molecule has 1 N–H and O–H groups in total. The number of hydrogen-bond acceptors (Lipinski definition) is 2.